The molecule has 26 heavy (non-hydrogen) atoms. The number of esters is 1. The summed E-state index contributed by atoms with van der Waals surface area (Å²) >= 11 is 0. The van der Waals surface area contributed by atoms with Gasteiger partial charge in [0.2, 0.25) is 5.91 Å². The van der Waals surface area contributed by atoms with Crippen LogP contribution in [0.15, 0.2) is 42.5 Å². The molecule has 6 nitrogen and oxygen atoms in total. The summed E-state index contributed by atoms with van der Waals surface area (Å²) in [5.74, 6) is 0.868. The highest BCUT2D eigenvalue weighted by Crippen LogP contribution is 2.50. The summed E-state index contributed by atoms with van der Waals surface area (Å²) in [5, 5.41) is 2.92. The van der Waals surface area contributed by atoms with Crippen LogP contribution in [0.25, 0.3) is 0 Å². The minimum Gasteiger partial charge on any atom is -0.486 e. The van der Waals surface area contributed by atoms with Crippen molar-refractivity contribution in [3.63, 3.8) is 0 Å². The monoisotopic (exact) mass is 353 g/mol. The fraction of sp³-hybridized carbons (Fsp3) is 0.300. The second kappa shape index (κ2) is 6.37. The maximum absolute atomic E-state index is 12.9. The highest BCUT2D eigenvalue weighted by Gasteiger charge is 2.51. The van der Waals surface area contributed by atoms with E-state index in [1.54, 1.807) is 24.3 Å². The number of hydrogen-bond donors (Lipinski definition) is 1. The zero-order valence-electron chi connectivity index (χ0n) is 14.4. The molecule has 1 heterocycles. The van der Waals surface area contributed by atoms with Crippen LogP contribution in [0.2, 0.25) is 0 Å². The first-order valence-electron chi connectivity index (χ1n) is 8.52. The second-order valence-corrected chi connectivity index (χ2v) is 6.47. The van der Waals surface area contributed by atoms with Crippen molar-refractivity contribution >= 4 is 17.6 Å². The fourth-order valence-electron chi connectivity index (χ4n) is 3.21. The molecule has 1 N–H and O–H groups in total. The van der Waals surface area contributed by atoms with Crippen molar-refractivity contribution in [2.24, 2.45) is 0 Å². The first kappa shape index (κ1) is 16.4. The summed E-state index contributed by atoms with van der Waals surface area (Å²) < 4.78 is 15.9. The molecule has 0 saturated heterocycles. The lowest BCUT2D eigenvalue weighted by Crippen LogP contribution is -2.28. The number of methoxy groups -OCH3 is 1. The Morgan fingerprint density at radius 3 is 2.54 bits per heavy atom. The van der Waals surface area contributed by atoms with Crippen LogP contribution in [-0.2, 0) is 14.9 Å². The van der Waals surface area contributed by atoms with Gasteiger partial charge in [0.1, 0.15) is 13.2 Å². The van der Waals surface area contributed by atoms with E-state index >= 15 is 0 Å². The number of carbonyl (C=O) groups excluding carboxylic acids is 2. The molecule has 1 aliphatic heterocycles. The van der Waals surface area contributed by atoms with Gasteiger partial charge in [-0.05, 0) is 48.7 Å². The van der Waals surface area contributed by atoms with Crippen molar-refractivity contribution in [1.29, 1.82) is 0 Å². The Balaban J connectivity index is 1.56. The third kappa shape index (κ3) is 2.87. The quantitative estimate of drug-likeness (QED) is 0.856. The number of fused-ring (bicyclic) bond motifs is 1. The van der Waals surface area contributed by atoms with Gasteiger partial charge in [-0.25, -0.2) is 4.79 Å². The number of benzene rings is 2. The number of amides is 1. The standard InChI is InChI=1S/C20H19NO5/c1-24-18(22)13-3-2-4-15(11-13)21-19(23)20(7-8-20)14-5-6-16-17(12-14)26-10-9-25-16/h2-6,11-12H,7-10H2,1H3,(H,21,23). The van der Waals surface area contributed by atoms with E-state index in [2.05, 4.69) is 5.32 Å². The molecule has 1 amide bonds. The molecule has 4 rings (SSSR count). The molecular weight excluding hydrogens is 334 g/mol. The Bertz CT molecular complexity index is 872. The van der Waals surface area contributed by atoms with Gasteiger partial charge in [0, 0.05) is 5.69 Å². The molecular formula is C20H19NO5. The normalized spacial score (nSPS) is 16.5. The van der Waals surface area contributed by atoms with Gasteiger partial charge in [0.25, 0.3) is 0 Å². The van der Waals surface area contributed by atoms with Crippen LogP contribution in [0.3, 0.4) is 0 Å². The number of nitrogens with one attached hydrogen (secondary N) is 1. The van der Waals surface area contributed by atoms with Crippen LogP contribution in [0.4, 0.5) is 5.69 Å². The van der Waals surface area contributed by atoms with Crippen LogP contribution in [0.1, 0.15) is 28.8 Å². The highest BCUT2D eigenvalue weighted by molar-refractivity contribution is 6.02. The SMILES string of the molecule is COC(=O)c1cccc(NC(=O)C2(c3ccc4c(c3)OCCO4)CC2)c1. The van der Waals surface area contributed by atoms with Crippen molar-refractivity contribution in [3.8, 4) is 11.5 Å². The van der Waals surface area contributed by atoms with Gasteiger partial charge in [0.15, 0.2) is 11.5 Å². The molecule has 2 aromatic rings. The second-order valence-electron chi connectivity index (χ2n) is 6.47. The molecule has 1 saturated carbocycles. The van der Waals surface area contributed by atoms with Crippen LogP contribution >= 0.6 is 0 Å². The summed E-state index contributed by atoms with van der Waals surface area (Å²) in [7, 11) is 1.33. The third-order valence-corrected chi connectivity index (χ3v) is 4.82. The van der Waals surface area contributed by atoms with Crippen LogP contribution < -0.4 is 14.8 Å². The van der Waals surface area contributed by atoms with E-state index in [0.717, 1.165) is 18.4 Å². The van der Waals surface area contributed by atoms with Gasteiger partial charge >= 0.3 is 5.97 Å². The van der Waals surface area contributed by atoms with Gasteiger partial charge in [-0.3, -0.25) is 4.79 Å². The van der Waals surface area contributed by atoms with Gasteiger partial charge in [0.05, 0.1) is 18.1 Å². The van der Waals surface area contributed by atoms with E-state index in [1.165, 1.54) is 7.11 Å². The Morgan fingerprint density at radius 2 is 1.81 bits per heavy atom. The molecule has 0 aromatic heterocycles. The van der Waals surface area contributed by atoms with Gasteiger partial charge in [-0.15, -0.1) is 0 Å². The summed E-state index contributed by atoms with van der Waals surface area (Å²) in [6, 6.07) is 12.4. The molecule has 0 unspecified atom stereocenters. The Kier molecular flexibility index (Phi) is 4.03. The van der Waals surface area contributed by atoms with Crippen LogP contribution in [-0.4, -0.2) is 32.2 Å². The zero-order valence-corrected chi connectivity index (χ0v) is 14.4. The van der Waals surface area contributed by atoms with E-state index < -0.39 is 11.4 Å². The van der Waals surface area contributed by atoms with E-state index in [1.807, 2.05) is 18.2 Å². The first-order chi connectivity index (χ1) is 12.6. The maximum atomic E-state index is 12.9. The number of rotatable bonds is 4. The summed E-state index contributed by atoms with van der Waals surface area (Å²) in [6.45, 7) is 1.05. The molecule has 134 valence electrons. The van der Waals surface area contributed by atoms with Gasteiger partial charge in [-0.1, -0.05) is 12.1 Å². The average molecular weight is 353 g/mol. The minimum atomic E-state index is -0.558. The summed E-state index contributed by atoms with van der Waals surface area (Å²) in [6.07, 6.45) is 1.55. The summed E-state index contributed by atoms with van der Waals surface area (Å²) in [5.41, 5.74) is 1.33. The minimum absolute atomic E-state index is 0.0869. The lowest BCUT2D eigenvalue weighted by molar-refractivity contribution is -0.118. The van der Waals surface area contributed by atoms with E-state index in [-0.39, 0.29) is 5.91 Å². The van der Waals surface area contributed by atoms with Crippen molar-refractivity contribution in [2.75, 3.05) is 25.6 Å². The van der Waals surface area contributed by atoms with Crippen LogP contribution in [0, 0.1) is 0 Å². The number of hydrogen-bond acceptors (Lipinski definition) is 5. The molecule has 2 aromatic carbocycles. The fourth-order valence-corrected chi connectivity index (χ4v) is 3.21. The van der Waals surface area contributed by atoms with Crippen LogP contribution in [0.5, 0.6) is 11.5 Å². The van der Waals surface area contributed by atoms with E-state index in [0.29, 0.717) is 36.0 Å². The molecule has 0 radical (unpaired) electrons. The lowest BCUT2D eigenvalue weighted by Gasteiger charge is -2.21. The molecule has 0 atom stereocenters. The average Bonchev–Trinajstić information content (AvgIpc) is 3.49. The third-order valence-electron chi connectivity index (χ3n) is 4.82. The predicted molar refractivity (Wildman–Crippen MR) is 94.8 cm³/mol. The molecule has 2 aliphatic rings. The van der Waals surface area contributed by atoms with Gasteiger partial charge in [-0.2, -0.15) is 0 Å². The Morgan fingerprint density at radius 1 is 1.04 bits per heavy atom. The van der Waals surface area contributed by atoms with Crippen molar-refractivity contribution in [3.05, 3.63) is 53.6 Å². The van der Waals surface area contributed by atoms with E-state index in [4.69, 9.17) is 14.2 Å². The topological polar surface area (TPSA) is 73.9 Å². The van der Waals surface area contributed by atoms with Crippen molar-refractivity contribution in [2.45, 2.75) is 18.3 Å². The number of ether oxygens (including phenoxy) is 3. The van der Waals surface area contributed by atoms with Crippen molar-refractivity contribution < 1.29 is 23.8 Å². The van der Waals surface area contributed by atoms with E-state index in [9.17, 15) is 9.59 Å². The smallest absolute Gasteiger partial charge is 0.337 e. The molecule has 1 aliphatic carbocycles. The number of carbonyl (C=O) groups is 2. The lowest BCUT2D eigenvalue weighted by atomic mass is 9.94. The summed E-state index contributed by atoms with van der Waals surface area (Å²) in [4.78, 5) is 24.6. The molecule has 0 spiro atoms. The van der Waals surface area contributed by atoms with Gasteiger partial charge < -0.3 is 19.5 Å². The molecule has 1 fully saturated rings. The molecule has 0 bridgehead atoms. The maximum Gasteiger partial charge on any atom is 0.337 e. The Hall–Kier alpha value is -3.02. The predicted octanol–water partition coefficient (Wildman–Crippen LogP) is 2.91. The van der Waals surface area contributed by atoms with Crippen molar-refractivity contribution in [1.82, 2.24) is 0 Å². The number of anilines is 1. The first-order valence-corrected chi connectivity index (χ1v) is 8.52. The zero-order chi connectivity index (χ0) is 18.1. The Labute approximate surface area is 151 Å². The largest absolute Gasteiger partial charge is 0.486 e. The molecule has 6 heteroatoms. The highest BCUT2D eigenvalue weighted by atomic mass is 16.6.